The van der Waals surface area contributed by atoms with Crippen molar-refractivity contribution in [3.8, 4) is 22.5 Å². The zero-order valence-electron chi connectivity index (χ0n) is 23.9. The molecule has 3 nitrogen and oxygen atoms in total. The number of aryl methyl sites for hydroxylation is 1. The molecule has 6 rings (SSSR count). The van der Waals surface area contributed by atoms with Gasteiger partial charge in [0.1, 0.15) is 5.58 Å². The van der Waals surface area contributed by atoms with E-state index in [0.717, 1.165) is 33.7 Å². The van der Waals surface area contributed by atoms with Crippen molar-refractivity contribution in [3.05, 3.63) is 115 Å². The maximum Gasteiger partial charge on any atom is 0.120 e. The van der Waals surface area contributed by atoms with Crippen LogP contribution < -0.4 is 5.19 Å². The molecule has 0 aliphatic carbocycles. The normalized spacial score (nSPS) is 11.3. The number of furan rings is 1. The molecule has 0 N–H and O–H groups in total. The Hall–Kier alpha value is -3.37. The number of hydrogen-bond donors (Lipinski definition) is 0. The summed E-state index contributed by atoms with van der Waals surface area (Å²) in [6.07, 6.45) is 3.71. The van der Waals surface area contributed by atoms with Crippen molar-refractivity contribution in [1.29, 1.82) is 0 Å². The molecule has 0 fully saturated rings. The van der Waals surface area contributed by atoms with Crippen LogP contribution >= 0.6 is 0 Å². The second kappa shape index (κ2) is 12.4. The van der Waals surface area contributed by atoms with Crippen LogP contribution in [0.4, 0.5) is 0 Å². The summed E-state index contributed by atoms with van der Waals surface area (Å²) in [7, 11) is -1.54. The van der Waals surface area contributed by atoms with E-state index < -0.39 is 8.07 Å². The third kappa shape index (κ3) is 6.33. The minimum Gasteiger partial charge on any atom is -0.501 e. The second-order valence-electron chi connectivity index (χ2n) is 11.3. The molecular weight excluding hydrogens is 685 g/mol. The zero-order chi connectivity index (χ0) is 27.6. The van der Waals surface area contributed by atoms with Crippen molar-refractivity contribution in [2.24, 2.45) is 0 Å². The largest absolute Gasteiger partial charge is 0.501 e. The summed E-state index contributed by atoms with van der Waals surface area (Å²) in [6, 6.07) is 33.3. The number of nitrogens with zero attached hydrogens (tertiary/aromatic N) is 2. The molecule has 0 bridgehead atoms. The molecule has 0 aliphatic heterocycles. The molecule has 0 amide bonds. The Kier molecular flexibility index (Phi) is 9.20. The SMILES string of the molecule is CC(C)c1ccnc(-c2[c-]cc([Si](C)(C)C)c3c2oc2ccccc23)c1.Cc1ccnc(-c2[c-]cccc2)c1.[Ir]. The van der Waals surface area contributed by atoms with Crippen LogP contribution in [0.3, 0.4) is 0 Å². The van der Waals surface area contributed by atoms with Crippen LogP contribution in [-0.4, -0.2) is 18.0 Å². The smallest absolute Gasteiger partial charge is 0.120 e. The van der Waals surface area contributed by atoms with Gasteiger partial charge in [-0.2, -0.15) is 0 Å². The summed E-state index contributed by atoms with van der Waals surface area (Å²) in [5, 5.41) is 3.82. The van der Waals surface area contributed by atoms with Gasteiger partial charge < -0.3 is 14.4 Å². The number of para-hydroxylation sites is 1. The Morgan fingerprint density at radius 1 is 0.825 bits per heavy atom. The molecule has 3 aromatic carbocycles. The minimum atomic E-state index is -1.54. The standard InChI is InChI=1S/C23H24NOSi.C12H10N.Ir/c1-15(2)16-12-13-24-19(14-16)17-10-11-21(26(3,4)5)22-18-8-6-7-9-20(18)25-23(17)22;1-10-7-8-13-12(9-10)11-5-3-2-4-6-11;/h6-9,11-15H,1-5H3;2-5,7-9H,1H3;/q2*-1;. The van der Waals surface area contributed by atoms with Crippen molar-refractivity contribution < 1.29 is 24.5 Å². The van der Waals surface area contributed by atoms with E-state index in [1.165, 1.54) is 27.1 Å². The van der Waals surface area contributed by atoms with Crippen LogP contribution in [0, 0.1) is 19.1 Å². The van der Waals surface area contributed by atoms with Gasteiger partial charge in [0.05, 0.1) is 5.58 Å². The molecule has 0 aliphatic rings. The first kappa shape index (κ1) is 29.6. The topological polar surface area (TPSA) is 38.9 Å². The molecule has 0 saturated heterocycles. The third-order valence-corrected chi connectivity index (χ3v) is 8.88. The fraction of sp³-hybridized carbons (Fsp3) is 0.200. The fourth-order valence-corrected chi connectivity index (χ4v) is 6.23. The summed E-state index contributed by atoms with van der Waals surface area (Å²) < 4.78 is 6.33. The molecule has 0 spiro atoms. The van der Waals surface area contributed by atoms with Gasteiger partial charge in [-0.15, -0.1) is 53.2 Å². The maximum atomic E-state index is 6.33. The first-order valence-electron chi connectivity index (χ1n) is 13.4. The third-order valence-electron chi connectivity index (χ3n) is 6.87. The molecule has 0 atom stereocenters. The van der Waals surface area contributed by atoms with E-state index in [9.17, 15) is 0 Å². The van der Waals surface area contributed by atoms with Gasteiger partial charge >= 0.3 is 0 Å². The average Bonchev–Trinajstić information content (AvgIpc) is 3.32. The molecule has 205 valence electrons. The molecule has 3 aromatic heterocycles. The van der Waals surface area contributed by atoms with Crippen molar-refractivity contribution >= 4 is 35.2 Å². The van der Waals surface area contributed by atoms with Crippen molar-refractivity contribution in [2.75, 3.05) is 0 Å². The number of fused-ring (bicyclic) bond motifs is 3. The number of hydrogen-bond acceptors (Lipinski definition) is 3. The average molecular weight is 719 g/mol. The summed E-state index contributed by atoms with van der Waals surface area (Å²) in [5.74, 6) is 0.462. The van der Waals surface area contributed by atoms with E-state index in [1.807, 2.05) is 54.9 Å². The zero-order valence-corrected chi connectivity index (χ0v) is 27.3. The molecule has 1 radical (unpaired) electrons. The molecule has 40 heavy (non-hydrogen) atoms. The Bertz CT molecular complexity index is 1740. The fourth-order valence-electron chi connectivity index (χ4n) is 4.73. The molecular formula is C35H34IrN2OSi-2. The van der Waals surface area contributed by atoms with Gasteiger partial charge in [0, 0.05) is 46.0 Å². The van der Waals surface area contributed by atoms with Crippen molar-refractivity contribution in [2.45, 2.75) is 46.3 Å². The molecule has 0 unspecified atom stereocenters. The van der Waals surface area contributed by atoms with Gasteiger partial charge in [-0.25, -0.2) is 0 Å². The van der Waals surface area contributed by atoms with E-state index in [-0.39, 0.29) is 20.1 Å². The van der Waals surface area contributed by atoms with Gasteiger partial charge in [-0.05, 0) is 42.4 Å². The van der Waals surface area contributed by atoms with Gasteiger partial charge in [0.2, 0.25) is 0 Å². The molecule has 0 saturated carbocycles. The van der Waals surface area contributed by atoms with Crippen LogP contribution in [0.15, 0.2) is 95.7 Å². The predicted molar refractivity (Wildman–Crippen MR) is 166 cm³/mol. The van der Waals surface area contributed by atoms with E-state index >= 15 is 0 Å². The van der Waals surface area contributed by atoms with Gasteiger partial charge in [0.15, 0.2) is 0 Å². The van der Waals surface area contributed by atoms with Crippen LogP contribution in [0.1, 0.15) is 30.9 Å². The Labute approximate surface area is 252 Å². The van der Waals surface area contributed by atoms with Crippen LogP contribution in [0.5, 0.6) is 0 Å². The maximum absolute atomic E-state index is 6.33. The minimum absolute atomic E-state index is 0. The number of pyridine rings is 2. The van der Waals surface area contributed by atoms with E-state index in [1.54, 1.807) is 0 Å². The second-order valence-corrected chi connectivity index (χ2v) is 16.3. The summed E-state index contributed by atoms with van der Waals surface area (Å²) in [5.41, 5.74) is 8.28. The Morgan fingerprint density at radius 3 is 2.25 bits per heavy atom. The molecule has 3 heterocycles. The summed E-state index contributed by atoms with van der Waals surface area (Å²) in [4.78, 5) is 8.90. The van der Waals surface area contributed by atoms with Gasteiger partial charge in [-0.3, -0.25) is 0 Å². The van der Waals surface area contributed by atoms with E-state index in [0.29, 0.717) is 5.92 Å². The first-order chi connectivity index (χ1) is 18.7. The quantitative estimate of drug-likeness (QED) is 0.135. The van der Waals surface area contributed by atoms with Gasteiger partial charge in [0.25, 0.3) is 0 Å². The van der Waals surface area contributed by atoms with Crippen LogP contribution in [-0.2, 0) is 20.1 Å². The van der Waals surface area contributed by atoms with Crippen LogP contribution in [0.2, 0.25) is 19.6 Å². The monoisotopic (exact) mass is 719 g/mol. The van der Waals surface area contributed by atoms with Crippen molar-refractivity contribution in [3.63, 3.8) is 0 Å². The number of aromatic nitrogens is 2. The predicted octanol–water partition coefficient (Wildman–Crippen LogP) is 8.97. The van der Waals surface area contributed by atoms with Crippen molar-refractivity contribution in [1.82, 2.24) is 9.97 Å². The van der Waals surface area contributed by atoms with Crippen LogP contribution in [0.25, 0.3) is 44.5 Å². The van der Waals surface area contributed by atoms with E-state index in [4.69, 9.17) is 4.42 Å². The molecule has 5 heteroatoms. The number of benzene rings is 3. The number of rotatable bonds is 4. The summed E-state index contributed by atoms with van der Waals surface area (Å²) in [6.45, 7) is 13.6. The Morgan fingerprint density at radius 2 is 1.55 bits per heavy atom. The molecule has 6 aromatic rings. The van der Waals surface area contributed by atoms with Gasteiger partial charge in [-0.1, -0.05) is 85.9 Å². The Balaban J connectivity index is 0.000000223. The summed E-state index contributed by atoms with van der Waals surface area (Å²) >= 11 is 0. The first-order valence-corrected chi connectivity index (χ1v) is 16.9. The van der Waals surface area contributed by atoms with E-state index in [2.05, 4.69) is 98.9 Å².